The molecule has 1 fully saturated rings. The van der Waals surface area contributed by atoms with E-state index in [4.69, 9.17) is 4.74 Å². The molecule has 0 spiro atoms. The maximum absolute atomic E-state index is 12.9. The molecule has 0 saturated carbocycles. The lowest BCUT2D eigenvalue weighted by molar-refractivity contribution is -0.137. The van der Waals surface area contributed by atoms with Gasteiger partial charge in [-0.2, -0.15) is 13.2 Å². The quantitative estimate of drug-likeness (QED) is 0.514. The second kappa shape index (κ2) is 9.19. The van der Waals surface area contributed by atoms with Crippen LogP contribution in [0.5, 0.6) is 5.75 Å². The number of carbonyl (C=O) groups is 2. The summed E-state index contributed by atoms with van der Waals surface area (Å²) in [6, 6.07) is 18.3. The number of hydrogen-bond acceptors (Lipinski definition) is 4. The largest absolute Gasteiger partial charge is 0.497 e. The highest BCUT2D eigenvalue weighted by Gasteiger charge is 2.35. The van der Waals surface area contributed by atoms with Crippen molar-refractivity contribution in [3.05, 3.63) is 89.5 Å². The minimum atomic E-state index is -4.45. The van der Waals surface area contributed by atoms with Gasteiger partial charge in [-0.1, -0.05) is 12.1 Å². The standard InChI is InChI=1S/C24H19F3N2O3S/c1-32-20-11-5-15(6-12-20)22(31)28-18-4-2-3-16(13-18)23-29(21(30)14-33-23)19-9-7-17(8-10-19)24(25,26)27/h2-13,23H,14H2,1H3,(H,28,31)/t23-/m0/s1. The van der Waals surface area contributed by atoms with Gasteiger partial charge in [0, 0.05) is 16.9 Å². The molecule has 170 valence electrons. The second-order valence-electron chi connectivity index (χ2n) is 7.28. The van der Waals surface area contributed by atoms with Crippen molar-refractivity contribution in [3.63, 3.8) is 0 Å². The minimum Gasteiger partial charge on any atom is -0.497 e. The zero-order chi connectivity index (χ0) is 23.6. The Labute approximate surface area is 192 Å². The van der Waals surface area contributed by atoms with Gasteiger partial charge in [-0.25, -0.2) is 0 Å². The van der Waals surface area contributed by atoms with E-state index >= 15 is 0 Å². The molecule has 1 heterocycles. The molecule has 2 amide bonds. The Kier molecular flexibility index (Phi) is 6.33. The van der Waals surface area contributed by atoms with Gasteiger partial charge in [0.15, 0.2) is 0 Å². The number of nitrogens with one attached hydrogen (secondary N) is 1. The maximum atomic E-state index is 12.9. The Balaban J connectivity index is 1.55. The lowest BCUT2D eigenvalue weighted by Gasteiger charge is -2.25. The van der Waals surface area contributed by atoms with E-state index in [9.17, 15) is 22.8 Å². The van der Waals surface area contributed by atoms with Gasteiger partial charge in [0.05, 0.1) is 18.4 Å². The van der Waals surface area contributed by atoms with Gasteiger partial charge in [0.1, 0.15) is 11.1 Å². The number of amides is 2. The number of halogens is 3. The first-order valence-electron chi connectivity index (χ1n) is 9.92. The lowest BCUT2D eigenvalue weighted by Crippen LogP contribution is -2.28. The Morgan fingerprint density at radius 1 is 1.06 bits per heavy atom. The molecule has 0 aliphatic carbocycles. The first-order chi connectivity index (χ1) is 15.8. The molecule has 33 heavy (non-hydrogen) atoms. The van der Waals surface area contributed by atoms with Gasteiger partial charge in [0.25, 0.3) is 5.91 Å². The number of alkyl halides is 3. The average Bonchev–Trinajstić information content (AvgIpc) is 3.20. The molecule has 5 nitrogen and oxygen atoms in total. The lowest BCUT2D eigenvalue weighted by atomic mass is 10.1. The molecule has 0 unspecified atom stereocenters. The first kappa shape index (κ1) is 22.7. The van der Waals surface area contributed by atoms with E-state index in [0.717, 1.165) is 17.7 Å². The fourth-order valence-corrected chi connectivity index (χ4v) is 4.64. The molecule has 4 rings (SSSR count). The fraction of sp³-hybridized carbons (Fsp3) is 0.167. The minimum absolute atomic E-state index is 0.197. The number of methoxy groups -OCH3 is 1. The summed E-state index contributed by atoms with van der Waals surface area (Å²) in [4.78, 5) is 26.6. The predicted molar refractivity (Wildman–Crippen MR) is 122 cm³/mol. The van der Waals surface area contributed by atoms with E-state index in [0.29, 0.717) is 22.7 Å². The summed E-state index contributed by atoms with van der Waals surface area (Å²) in [7, 11) is 1.54. The van der Waals surface area contributed by atoms with Crippen LogP contribution >= 0.6 is 11.8 Å². The molecule has 9 heteroatoms. The number of thioether (sulfide) groups is 1. The Hall–Kier alpha value is -3.46. The predicted octanol–water partition coefficient (Wildman–Crippen LogP) is 5.74. The van der Waals surface area contributed by atoms with Crippen molar-refractivity contribution >= 4 is 35.0 Å². The summed E-state index contributed by atoms with van der Waals surface area (Å²) < 4.78 is 43.8. The van der Waals surface area contributed by atoms with Crippen LogP contribution in [0.15, 0.2) is 72.8 Å². The summed E-state index contributed by atoms with van der Waals surface area (Å²) >= 11 is 1.37. The third-order valence-corrected chi connectivity index (χ3v) is 6.33. The van der Waals surface area contributed by atoms with Gasteiger partial charge in [-0.3, -0.25) is 14.5 Å². The Morgan fingerprint density at radius 2 is 1.76 bits per heavy atom. The molecule has 3 aromatic carbocycles. The second-order valence-corrected chi connectivity index (χ2v) is 8.35. The molecule has 1 atom stereocenters. The van der Waals surface area contributed by atoms with Crippen molar-refractivity contribution in [3.8, 4) is 5.75 Å². The zero-order valence-corrected chi connectivity index (χ0v) is 18.2. The first-order valence-corrected chi connectivity index (χ1v) is 11.0. The average molecular weight is 472 g/mol. The summed E-state index contributed by atoms with van der Waals surface area (Å²) in [6.45, 7) is 0. The van der Waals surface area contributed by atoms with Gasteiger partial charge < -0.3 is 10.1 Å². The molecule has 3 aromatic rings. The summed E-state index contributed by atoms with van der Waals surface area (Å²) in [5, 5.41) is 2.41. The van der Waals surface area contributed by atoms with Crippen LogP contribution in [0.25, 0.3) is 0 Å². The number of benzene rings is 3. The van der Waals surface area contributed by atoms with Crippen LogP contribution in [0.2, 0.25) is 0 Å². The smallest absolute Gasteiger partial charge is 0.416 e. The van der Waals surface area contributed by atoms with E-state index in [2.05, 4.69) is 5.32 Å². The summed E-state index contributed by atoms with van der Waals surface area (Å²) in [6.07, 6.45) is -4.45. The van der Waals surface area contributed by atoms with E-state index in [1.54, 1.807) is 49.6 Å². The van der Waals surface area contributed by atoms with Crippen molar-refractivity contribution in [1.29, 1.82) is 0 Å². The number of carbonyl (C=O) groups excluding carboxylic acids is 2. The Bertz CT molecular complexity index is 1160. The molecule has 0 bridgehead atoms. The normalized spacial score (nSPS) is 16.1. The van der Waals surface area contributed by atoms with Crippen LogP contribution in [0, 0.1) is 0 Å². The molecule has 1 aliphatic rings. The van der Waals surface area contributed by atoms with E-state index in [1.807, 2.05) is 6.07 Å². The van der Waals surface area contributed by atoms with Crippen molar-refractivity contribution in [1.82, 2.24) is 0 Å². The number of rotatable bonds is 5. The van der Waals surface area contributed by atoms with E-state index in [-0.39, 0.29) is 17.6 Å². The van der Waals surface area contributed by atoms with Gasteiger partial charge in [-0.05, 0) is 66.2 Å². The topological polar surface area (TPSA) is 58.6 Å². The number of ether oxygens (including phenoxy) is 1. The molecule has 1 aliphatic heterocycles. The van der Waals surface area contributed by atoms with Gasteiger partial charge in [-0.15, -0.1) is 11.8 Å². The highest BCUT2D eigenvalue weighted by molar-refractivity contribution is 8.00. The van der Waals surface area contributed by atoms with Crippen LogP contribution in [0.1, 0.15) is 26.9 Å². The van der Waals surface area contributed by atoms with Crippen molar-refractivity contribution < 1.29 is 27.5 Å². The van der Waals surface area contributed by atoms with Crippen LogP contribution < -0.4 is 15.0 Å². The molecular weight excluding hydrogens is 453 g/mol. The third kappa shape index (κ3) is 4.98. The highest BCUT2D eigenvalue weighted by Crippen LogP contribution is 2.43. The molecule has 0 radical (unpaired) electrons. The summed E-state index contributed by atoms with van der Waals surface area (Å²) in [5.74, 6) is 0.343. The Morgan fingerprint density at radius 3 is 2.39 bits per heavy atom. The van der Waals surface area contributed by atoms with Crippen molar-refractivity contribution in [2.24, 2.45) is 0 Å². The fourth-order valence-electron chi connectivity index (χ4n) is 3.48. The molecule has 1 N–H and O–H groups in total. The van der Waals surface area contributed by atoms with Gasteiger partial charge in [0.2, 0.25) is 5.91 Å². The summed E-state index contributed by atoms with van der Waals surface area (Å²) in [5.41, 5.74) is 1.36. The van der Waals surface area contributed by atoms with Gasteiger partial charge >= 0.3 is 6.18 Å². The molecular formula is C24H19F3N2O3S. The van der Waals surface area contributed by atoms with E-state index in [1.165, 1.54) is 28.8 Å². The van der Waals surface area contributed by atoms with Crippen LogP contribution in [-0.2, 0) is 11.0 Å². The zero-order valence-electron chi connectivity index (χ0n) is 17.4. The van der Waals surface area contributed by atoms with Crippen LogP contribution in [-0.4, -0.2) is 24.7 Å². The SMILES string of the molecule is COc1ccc(C(=O)Nc2cccc([C@@H]3SCC(=O)N3c3ccc(C(F)(F)F)cc3)c2)cc1. The highest BCUT2D eigenvalue weighted by atomic mass is 32.2. The van der Waals surface area contributed by atoms with Crippen molar-refractivity contribution in [2.45, 2.75) is 11.6 Å². The van der Waals surface area contributed by atoms with Crippen molar-refractivity contribution in [2.75, 3.05) is 23.1 Å². The monoisotopic (exact) mass is 472 g/mol. The molecule has 1 saturated heterocycles. The third-order valence-electron chi connectivity index (χ3n) is 5.12. The number of nitrogens with zero attached hydrogens (tertiary/aromatic N) is 1. The number of anilines is 2. The maximum Gasteiger partial charge on any atom is 0.416 e. The van der Waals surface area contributed by atoms with Crippen LogP contribution in [0.3, 0.4) is 0 Å². The van der Waals surface area contributed by atoms with E-state index < -0.39 is 17.1 Å². The molecule has 0 aromatic heterocycles. The number of hydrogen-bond donors (Lipinski definition) is 1. The van der Waals surface area contributed by atoms with Crippen LogP contribution in [0.4, 0.5) is 24.5 Å².